The van der Waals surface area contributed by atoms with Crippen molar-refractivity contribution in [2.24, 2.45) is 0 Å². The SMILES string of the molecule is O=C(c1cccnc1)N(O)c1ccccc1. The summed E-state index contributed by atoms with van der Waals surface area (Å²) in [4.78, 5) is 15.6. The molecule has 80 valence electrons. The van der Waals surface area contributed by atoms with Crippen molar-refractivity contribution in [1.82, 2.24) is 4.98 Å². The van der Waals surface area contributed by atoms with Gasteiger partial charge in [0.15, 0.2) is 0 Å². The Hall–Kier alpha value is -2.20. The Balaban J connectivity index is 2.24. The number of aromatic nitrogens is 1. The number of amides is 1. The van der Waals surface area contributed by atoms with Gasteiger partial charge >= 0.3 is 0 Å². The molecule has 1 aromatic carbocycles. The zero-order valence-corrected chi connectivity index (χ0v) is 8.45. The maximum Gasteiger partial charge on any atom is 0.283 e. The fourth-order valence-electron chi connectivity index (χ4n) is 1.30. The molecule has 4 nitrogen and oxygen atoms in total. The predicted molar refractivity (Wildman–Crippen MR) is 59.3 cm³/mol. The van der Waals surface area contributed by atoms with Gasteiger partial charge in [-0.25, -0.2) is 0 Å². The summed E-state index contributed by atoms with van der Waals surface area (Å²) in [6.07, 6.45) is 2.98. The molecule has 0 bridgehead atoms. The molecule has 1 heterocycles. The molecular weight excluding hydrogens is 204 g/mol. The number of carbonyl (C=O) groups excluding carboxylic acids is 1. The van der Waals surface area contributed by atoms with Crippen LogP contribution in [0.25, 0.3) is 0 Å². The smallest absolute Gasteiger partial charge is 0.281 e. The standard InChI is InChI=1S/C12H10N2O2/c15-12(10-5-4-8-13-9-10)14(16)11-6-2-1-3-7-11/h1-9,16H. The van der Waals surface area contributed by atoms with E-state index >= 15 is 0 Å². The number of anilines is 1. The van der Waals surface area contributed by atoms with Gasteiger partial charge in [-0.05, 0) is 24.3 Å². The number of hydrogen-bond acceptors (Lipinski definition) is 3. The summed E-state index contributed by atoms with van der Waals surface area (Å²) >= 11 is 0. The van der Waals surface area contributed by atoms with Crippen LogP contribution in [0.1, 0.15) is 10.4 Å². The lowest BCUT2D eigenvalue weighted by Gasteiger charge is -2.14. The van der Waals surface area contributed by atoms with E-state index in [9.17, 15) is 10.0 Å². The van der Waals surface area contributed by atoms with E-state index in [1.165, 1.54) is 6.20 Å². The Bertz CT molecular complexity index is 471. The fourth-order valence-corrected chi connectivity index (χ4v) is 1.30. The molecule has 1 N–H and O–H groups in total. The molecule has 0 fully saturated rings. The molecule has 0 aliphatic heterocycles. The van der Waals surface area contributed by atoms with Crippen molar-refractivity contribution in [1.29, 1.82) is 0 Å². The highest BCUT2D eigenvalue weighted by Gasteiger charge is 2.14. The molecule has 0 atom stereocenters. The molecule has 16 heavy (non-hydrogen) atoms. The van der Waals surface area contributed by atoms with Crippen LogP contribution in [-0.4, -0.2) is 16.1 Å². The Morgan fingerprint density at radius 3 is 2.50 bits per heavy atom. The van der Waals surface area contributed by atoms with Gasteiger partial charge in [-0.3, -0.25) is 15.0 Å². The minimum absolute atomic E-state index is 0.342. The van der Waals surface area contributed by atoms with Crippen LogP contribution in [0, 0.1) is 0 Å². The van der Waals surface area contributed by atoms with Crippen molar-refractivity contribution < 1.29 is 10.0 Å². The maximum atomic E-state index is 11.8. The third kappa shape index (κ3) is 2.07. The monoisotopic (exact) mass is 214 g/mol. The van der Waals surface area contributed by atoms with E-state index in [2.05, 4.69) is 4.98 Å². The fraction of sp³-hybridized carbons (Fsp3) is 0. The molecule has 0 saturated heterocycles. The molecule has 0 saturated carbocycles. The van der Waals surface area contributed by atoms with Gasteiger partial charge in [-0.1, -0.05) is 18.2 Å². The van der Waals surface area contributed by atoms with Crippen molar-refractivity contribution >= 4 is 11.6 Å². The average Bonchev–Trinajstić information content (AvgIpc) is 2.39. The van der Waals surface area contributed by atoms with Crippen LogP contribution >= 0.6 is 0 Å². The summed E-state index contributed by atoms with van der Waals surface area (Å²) in [7, 11) is 0. The summed E-state index contributed by atoms with van der Waals surface area (Å²) in [5.41, 5.74) is 0.769. The molecule has 4 heteroatoms. The second-order valence-corrected chi connectivity index (χ2v) is 3.19. The van der Waals surface area contributed by atoms with Crippen LogP contribution in [0.4, 0.5) is 5.69 Å². The van der Waals surface area contributed by atoms with E-state index in [-0.39, 0.29) is 0 Å². The zero-order valence-electron chi connectivity index (χ0n) is 8.45. The lowest BCUT2D eigenvalue weighted by atomic mass is 10.2. The van der Waals surface area contributed by atoms with Gasteiger partial charge in [-0.15, -0.1) is 0 Å². The summed E-state index contributed by atoms with van der Waals surface area (Å²) in [6, 6.07) is 11.8. The van der Waals surface area contributed by atoms with Crippen molar-refractivity contribution in [2.45, 2.75) is 0 Å². The second-order valence-electron chi connectivity index (χ2n) is 3.19. The van der Waals surface area contributed by atoms with E-state index in [1.54, 1.807) is 42.6 Å². The second kappa shape index (κ2) is 4.55. The molecule has 0 spiro atoms. The number of nitrogens with zero attached hydrogens (tertiary/aromatic N) is 2. The third-order valence-corrected chi connectivity index (χ3v) is 2.10. The number of benzene rings is 1. The van der Waals surface area contributed by atoms with Gasteiger partial charge in [-0.2, -0.15) is 5.06 Å². The van der Waals surface area contributed by atoms with E-state index in [4.69, 9.17) is 0 Å². The predicted octanol–water partition coefficient (Wildman–Crippen LogP) is 2.12. The molecule has 0 aliphatic carbocycles. The Labute approximate surface area is 92.7 Å². The van der Waals surface area contributed by atoms with Gasteiger partial charge in [0.2, 0.25) is 0 Å². The molecule has 0 radical (unpaired) electrons. The zero-order chi connectivity index (χ0) is 11.4. The molecule has 1 amide bonds. The number of pyridine rings is 1. The van der Waals surface area contributed by atoms with Gasteiger partial charge in [0.05, 0.1) is 11.3 Å². The van der Waals surface area contributed by atoms with Crippen molar-refractivity contribution in [3.05, 3.63) is 60.4 Å². The molecule has 0 unspecified atom stereocenters. The van der Waals surface area contributed by atoms with Crippen molar-refractivity contribution in [2.75, 3.05) is 5.06 Å². The first-order valence-electron chi connectivity index (χ1n) is 4.77. The van der Waals surface area contributed by atoms with Crippen LogP contribution in [0.15, 0.2) is 54.9 Å². The maximum absolute atomic E-state index is 11.8. The minimum Gasteiger partial charge on any atom is -0.281 e. The molecule has 1 aromatic heterocycles. The Kier molecular flexibility index (Phi) is 2.93. The van der Waals surface area contributed by atoms with Crippen molar-refractivity contribution in [3.8, 4) is 0 Å². The highest BCUT2D eigenvalue weighted by molar-refractivity contribution is 6.04. The first kappa shape index (κ1) is 10.3. The van der Waals surface area contributed by atoms with Crippen molar-refractivity contribution in [3.63, 3.8) is 0 Å². The van der Waals surface area contributed by atoms with Gasteiger partial charge < -0.3 is 0 Å². The molecule has 2 rings (SSSR count). The summed E-state index contributed by atoms with van der Waals surface area (Å²) in [5, 5.41) is 10.3. The molecule has 2 aromatic rings. The number of hydroxylamine groups is 1. The van der Waals surface area contributed by atoms with E-state index in [1.807, 2.05) is 6.07 Å². The minimum atomic E-state index is -0.501. The summed E-state index contributed by atoms with van der Waals surface area (Å²) in [5.74, 6) is -0.501. The average molecular weight is 214 g/mol. The van der Waals surface area contributed by atoms with Crippen LogP contribution < -0.4 is 5.06 Å². The lowest BCUT2D eigenvalue weighted by Crippen LogP contribution is -2.26. The summed E-state index contributed by atoms with van der Waals surface area (Å²) < 4.78 is 0. The molecular formula is C12H10N2O2. The Morgan fingerprint density at radius 1 is 1.12 bits per heavy atom. The van der Waals surface area contributed by atoms with E-state index < -0.39 is 5.91 Å². The van der Waals surface area contributed by atoms with Gasteiger partial charge in [0.1, 0.15) is 0 Å². The van der Waals surface area contributed by atoms with Crippen LogP contribution in [0.2, 0.25) is 0 Å². The van der Waals surface area contributed by atoms with E-state index in [0.717, 1.165) is 0 Å². The lowest BCUT2D eigenvalue weighted by molar-refractivity contribution is 0.0854. The largest absolute Gasteiger partial charge is 0.283 e. The number of rotatable bonds is 2. The normalized spacial score (nSPS) is 9.81. The quantitative estimate of drug-likeness (QED) is 0.615. The third-order valence-electron chi connectivity index (χ3n) is 2.10. The highest BCUT2D eigenvalue weighted by Crippen LogP contribution is 2.13. The number of carbonyl (C=O) groups is 1. The number of hydrogen-bond donors (Lipinski definition) is 1. The topological polar surface area (TPSA) is 53.4 Å². The van der Waals surface area contributed by atoms with Crippen LogP contribution in [-0.2, 0) is 0 Å². The van der Waals surface area contributed by atoms with Gasteiger partial charge in [0, 0.05) is 12.4 Å². The first-order valence-corrected chi connectivity index (χ1v) is 4.77. The number of para-hydroxylation sites is 1. The molecule has 0 aliphatic rings. The Morgan fingerprint density at radius 2 is 1.88 bits per heavy atom. The van der Waals surface area contributed by atoms with Crippen LogP contribution in [0.5, 0.6) is 0 Å². The highest BCUT2D eigenvalue weighted by atomic mass is 16.5. The van der Waals surface area contributed by atoms with Crippen LogP contribution in [0.3, 0.4) is 0 Å². The summed E-state index contributed by atoms with van der Waals surface area (Å²) in [6.45, 7) is 0. The van der Waals surface area contributed by atoms with E-state index in [0.29, 0.717) is 16.3 Å². The van der Waals surface area contributed by atoms with Gasteiger partial charge in [0.25, 0.3) is 5.91 Å². The first-order chi connectivity index (χ1) is 7.79.